The van der Waals surface area contributed by atoms with Crippen molar-refractivity contribution in [3.63, 3.8) is 0 Å². The normalized spacial score (nSPS) is 18.4. The number of carboxylic acids is 1. The molecular weight excluding hydrogens is 242 g/mol. The Morgan fingerprint density at radius 1 is 1.42 bits per heavy atom. The molecule has 0 fully saturated rings. The van der Waals surface area contributed by atoms with Gasteiger partial charge in [-0.2, -0.15) is 0 Å². The van der Waals surface area contributed by atoms with Crippen LogP contribution in [0.3, 0.4) is 0 Å². The van der Waals surface area contributed by atoms with Crippen LogP contribution >= 0.6 is 0 Å². The zero-order valence-corrected chi connectivity index (χ0v) is 11.0. The zero-order valence-electron chi connectivity index (χ0n) is 11.0. The third-order valence-corrected chi connectivity index (χ3v) is 4.14. The van der Waals surface area contributed by atoms with Crippen molar-refractivity contribution in [2.45, 2.75) is 38.5 Å². The number of nitrogens with zero attached hydrogens (tertiary/aromatic N) is 1. The minimum atomic E-state index is -0.786. The summed E-state index contributed by atoms with van der Waals surface area (Å²) in [5.74, 6) is -1.10. The second kappa shape index (κ2) is 4.37. The Bertz CT molecular complexity index is 565. The fourth-order valence-electron chi connectivity index (χ4n) is 3.26. The van der Waals surface area contributed by atoms with E-state index in [0.29, 0.717) is 12.8 Å². The summed E-state index contributed by atoms with van der Waals surface area (Å²) in [6.45, 7) is 2.68. The number of hydrogen-bond acceptors (Lipinski definition) is 2. The second-order valence-corrected chi connectivity index (χ2v) is 5.31. The molecule has 4 heteroatoms. The summed E-state index contributed by atoms with van der Waals surface area (Å²) in [7, 11) is 0. The molecule has 2 aliphatic rings. The maximum Gasteiger partial charge on any atom is 0.310 e. The number of carbonyl (C=O) groups is 2. The molecule has 100 valence electrons. The van der Waals surface area contributed by atoms with Gasteiger partial charge in [0, 0.05) is 6.54 Å². The van der Waals surface area contributed by atoms with E-state index >= 15 is 0 Å². The van der Waals surface area contributed by atoms with Crippen molar-refractivity contribution in [2.75, 3.05) is 11.4 Å². The molecule has 0 saturated carbocycles. The number of aliphatic carboxylic acids is 1. The molecule has 0 aliphatic carbocycles. The summed E-state index contributed by atoms with van der Waals surface area (Å²) in [5.41, 5.74) is 4.06. The molecule has 0 aromatic heterocycles. The van der Waals surface area contributed by atoms with Crippen LogP contribution < -0.4 is 4.90 Å². The molecule has 0 radical (unpaired) electrons. The van der Waals surface area contributed by atoms with E-state index in [4.69, 9.17) is 0 Å². The van der Waals surface area contributed by atoms with Crippen molar-refractivity contribution in [1.29, 1.82) is 0 Å². The van der Waals surface area contributed by atoms with Gasteiger partial charge in [-0.05, 0) is 36.0 Å². The number of carbonyl (C=O) groups excluding carboxylic acids is 1. The number of aryl methyl sites for hydroxylation is 1. The molecule has 1 atom stereocenters. The Labute approximate surface area is 112 Å². The molecule has 1 N–H and O–H groups in total. The van der Waals surface area contributed by atoms with Crippen molar-refractivity contribution in [3.8, 4) is 0 Å². The van der Waals surface area contributed by atoms with Crippen LogP contribution in [0.2, 0.25) is 0 Å². The lowest BCUT2D eigenvalue weighted by Crippen LogP contribution is -2.31. The van der Waals surface area contributed by atoms with E-state index in [1.165, 1.54) is 0 Å². The van der Waals surface area contributed by atoms with E-state index in [0.717, 1.165) is 41.8 Å². The highest BCUT2D eigenvalue weighted by Crippen LogP contribution is 2.39. The van der Waals surface area contributed by atoms with Crippen LogP contribution in [-0.2, 0) is 22.4 Å². The summed E-state index contributed by atoms with van der Waals surface area (Å²) in [6, 6.07) is 3.91. The fourth-order valence-corrected chi connectivity index (χ4v) is 3.26. The first kappa shape index (κ1) is 12.2. The molecule has 4 nitrogen and oxygen atoms in total. The van der Waals surface area contributed by atoms with E-state index in [-0.39, 0.29) is 5.91 Å². The third-order valence-electron chi connectivity index (χ3n) is 4.14. The number of amides is 1. The molecule has 0 saturated heterocycles. The summed E-state index contributed by atoms with van der Waals surface area (Å²) in [5, 5.41) is 9.28. The van der Waals surface area contributed by atoms with Gasteiger partial charge in [-0.25, -0.2) is 0 Å². The SMILES string of the molecule is CCC(C(=O)O)c1cc2c3c(c1)CC(=O)N3CCC2. The minimum absolute atomic E-state index is 0.150. The van der Waals surface area contributed by atoms with Crippen LogP contribution in [0.1, 0.15) is 42.4 Å². The number of benzene rings is 1. The van der Waals surface area contributed by atoms with Gasteiger partial charge in [0.25, 0.3) is 0 Å². The fraction of sp³-hybridized carbons (Fsp3) is 0.467. The molecule has 0 spiro atoms. The van der Waals surface area contributed by atoms with Gasteiger partial charge in [0.2, 0.25) is 5.91 Å². The third kappa shape index (κ3) is 1.82. The summed E-state index contributed by atoms with van der Waals surface area (Å²) in [6.07, 6.45) is 2.90. The lowest BCUT2D eigenvalue weighted by Gasteiger charge is -2.26. The Balaban J connectivity index is 2.10. The van der Waals surface area contributed by atoms with E-state index in [9.17, 15) is 14.7 Å². The molecule has 1 aromatic rings. The Hall–Kier alpha value is -1.84. The van der Waals surface area contributed by atoms with Gasteiger partial charge in [-0.15, -0.1) is 0 Å². The highest BCUT2D eigenvalue weighted by molar-refractivity contribution is 6.03. The summed E-state index contributed by atoms with van der Waals surface area (Å²) >= 11 is 0. The van der Waals surface area contributed by atoms with E-state index in [2.05, 4.69) is 0 Å². The molecule has 19 heavy (non-hydrogen) atoms. The number of anilines is 1. The predicted octanol–water partition coefficient (Wildman–Crippen LogP) is 2.10. The smallest absolute Gasteiger partial charge is 0.310 e. The van der Waals surface area contributed by atoms with Crippen LogP contribution in [0.15, 0.2) is 12.1 Å². The molecule has 0 bridgehead atoms. The predicted molar refractivity (Wildman–Crippen MR) is 71.5 cm³/mol. The van der Waals surface area contributed by atoms with Crippen molar-refractivity contribution >= 4 is 17.6 Å². The van der Waals surface area contributed by atoms with Crippen LogP contribution in [0.5, 0.6) is 0 Å². The van der Waals surface area contributed by atoms with Gasteiger partial charge in [-0.1, -0.05) is 19.1 Å². The van der Waals surface area contributed by atoms with Crippen molar-refractivity contribution in [2.24, 2.45) is 0 Å². The summed E-state index contributed by atoms with van der Waals surface area (Å²) < 4.78 is 0. The van der Waals surface area contributed by atoms with E-state index in [1.807, 2.05) is 24.0 Å². The zero-order chi connectivity index (χ0) is 13.6. The number of hydrogen-bond donors (Lipinski definition) is 1. The first-order chi connectivity index (χ1) is 9.11. The lowest BCUT2D eigenvalue weighted by molar-refractivity contribution is -0.138. The number of carboxylic acid groups (broad SMARTS) is 1. The maximum absolute atomic E-state index is 11.9. The van der Waals surface area contributed by atoms with Crippen molar-refractivity contribution < 1.29 is 14.7 Å². The van der Waals surface area contributed by atoms with Gasteiger partial charge in [-0.3, -0.25) is 9.59 Å². The van der Waals surface area contributed by atoms with Gasteiger partial charge >= 0.3 is 5.97 Å². The average Bonchev–Trinajstić information content (AvgIpc) is 2.68. The maximum atomic E-state index is 11.9. The van der Waals surface area contributed by atoms with E-state index in [1.54, 1.807) is 0 Å². The minimum Gasteiger partial charge on any atom is -0.481 e. The molecule has 1 unspecified atom stereocenters. The molecule has 2 aliphatic heterocycles. The lowest BCUT2D eigenvalue weighted by atomic mass is 9.90. The Morgan fingerprint density at radius 3 is 2.84 bits per heavy atom. The highest BCUT2D eigenvalue weighted by Gasteiger charge is 2.33. The molecule has 2 heterocycles. The monoisotopic (exact) mass is 259 g/mol. The quantitative estimate of drug-likeness (QED) is 0.904. The van der Waals surface area contributed by atoms with Gasteiger partial charge in [0.15, 0.2) is 0 Å². The molecule has 1 amide bonds. The first-order valence-electron chi connectivity index (χ1n) is 6.80. The average molecular weight is 259 g/mol. The van der Waals surface area contributed by atoms with Gasteiger partial charge < -0.3 is 10.0 Å². The first-order valence-corrected chi connectivity index (χ1v) is 6.80. The van der Waals surface area contributed by atoms with Crippen LogP contribution in [0.4, 0.5) is 5.69 Å². The van der Waals surface area contributed by atoms with Crippen molar-refractivity contribution in [3.05, 3.63) is 28.8 Å². The van der Waals surface area contributed by atoms with Gasteiger partial charge in [0.1, 0.15) is 0 Å². The van der Waals surface area contributed by atoms with E-state index < -0.39 is 11.9 Å². The van der Waals surface area contributed by atoms with Gasteiger partial charge in [0.05, 0.1) is 18.0 Å². The molecular formula is C15H17NO3. The van der Waals surface area contributed by atoms with Crippen LogP contribution in [0, 0.1) is 0 Å². The van der Waals surface area contributed by atoms with Crippen LogP contribution in [-0.4, -0.2) is 23.5 Å². The standard InChI is InChI=1S/C15H17NO3/c1-2-12(15(18)19)10-6-9-4-3-5-16-13(17)8-11(7-10)14(9)16/h6-7,12H,2-5,8H2,1H3,(H,18,19). The molecule has 3 rings (SSSR count). The molecule has 1 aromatic carbocycles. The van der Waals surface area contributed by atoms with Crippen LogP contribution in [0.25, 0.3) is 0 Å². The second-order valence-electron chi connectivity index (χ2n) is 5.31. The highest BCUT2D eigenvalue weighted by atomic mass is 16.4. The number of rotatable bonds is 3. The Kier molecular flexibility index (Phi) is 2.81. The largest absolute Gasteiger partial charge is 0.481 e. The topological polar surface area (TPSA) is 57.6 Å². The van der Waals surface area contributed by atoms with Crippen molar-refractivity contribution in [1.82, 2.24) is 0 Å². The summed E-state index contributed by atoms with van der Waals surface area (Å²) in [4.78, 5) is 25.1. The Morgan fingerprint density at radius 2 is 2.16 bits per heavy atom.